The molecule has 0 aliphatic heterocycles. The van der Waals surface area contributed by atoms with E-state index in [1.54, 1.807) is 0 Å². The fraction of sp³-hybridized carbons (Fsp3) is 0.438. The standard InChI is InChI=1S/C16H19FO4/c1-9-7-11(5-6-12(9)17)14(19)13(15(20)21)16(3,4)8-10(2)18/h5-7,13H,8H2,1-4H3,(H,20,21)/p-1. The van der Waals surface area contributed by atoms with Crippen molar-refractivity contribution >= 4 is 17.5 Å². The largest absolute Gasteiger partial charge is 0.549 e. The van der Waals surface area contributed by atoms with Crippen LogP contribution in [-0.2, 0) is 9.59 Å². The normalized spacial score (nSPS) is 12.8. The quantitative estimate of drug-likeness (QED) is 0.591. The number of aliphatic carboxylic acids is 1. The van der Waals surface area contributed by atoms with E-state index in [4.69, 9.17) is 0 Å². The Kier molecular flexibility index (Phi) is 4.99. The molecule has 0 aliphatic rings. The minimum Gasteiger partial charge on any atom is -0.549 e. The van der Waals surface area contributed by atoms with Gasteiger partial charge in [0.15, 0.2) is 5.78 Å². The number of carbonyl (C=O) groups excluding carboxylic acids is 3. The van der Waals surface area contributed by atoms with Gasteiger partial charge in [-0.15, -0.1) is 0 Å². The van der Waals surface area contributed by atoms with Crippen LogP contribution in [0.5, 0.6) is 0 Å². The molecule has 0 fully saturated rings. The van der Waals surface area contributed by atoms with Gasteiger partial charge in [0.25, 0.3) is 0 Å². The van der Waals surface area contributed by atoms with Crippen LogP contribution >= 0.6 is 0 Å². The fourth-order valence-electron chi connectivity index (χ4n) is 2.49. The molecule has 5 heteroatoms. The number of ketones is 2. The van der Waals surface area contributed by atoms with E-state index in [1.807, 2.05) is 0 Å². The lowest BCUT2D eigenvalue weighted by Gasteiger charge is -2.33. The van der Waals surface area contributed by atoms with Crippen LogP contribution in [0.25, 0.3) is 0 Å². The van der Waals surface area contributed by atoms with E-state index in [2.05, 4.69) is 0 Å². The first-order chi connectivity index (χ1) is 9.56. The summed E-state index contributed by atoms with van der Waals surface area (Å²) in [5, 5.41) is 11.4. The van der Waals surface area contributed by atoms with E-state index < -0.39 is 28.9 Å². The monoisotopic (exact) mass is 293 g/mol. The van der Waals surface area contributed by atoms with Gasteiger partial charge in [-0.3, -0.25) is 4.79 Å². The first-order valence-corrected chi connectivity index (χ1v) is 6.57. The molecular formula is C16H18FO4-. The average molecular weight is 293 g/mol. The molecule has 0 spiro atoms. The van der Waals surface area contributed by atoms with E-state index in [0.717, 1.165) is 6.07 Å². The van der Waals surface area contributed by atoms with Gasteiger partial charge in [-0.2, -0.15) is 0 Å². The number of carboxylic acid groups (broad SMARTS) is 1. The molecule has 1 unspecified atom stereocenters. The number of Topliss-reactive ketones (excluding diaryl/α,β-unsaturated/α-hetero) is 2. The second kappa shape index (κ2) is 6.16. The number of benzene rings is 1. The molecule has 0 saturated heterocycles. The lowest BCUT2D eigenvalue weighted by molar-refractivity contribution is -0.312. The third-order valence-electron chi connectivity index (χ3n) is 3.43. The number of carbonyl (C=O) groups is 3. The first kappa shape index (κ1) is 17.0. The van der Waals surface area contributed by atoms with Gasteiger partial charge in [0.1, 0.15) is 11.6 Å². The van der Waals surface area contributed by atoms with Crippen LogP contribution in [0.2, 0.25) is 0 Å². The summed E-state index contributed by atoms with van der Waals surface area (Å²) in [4.78, 5) is 35.1. The summed E-state index contributed by atoms with van der Waals surface area (Å²) in [6, 6.07) is 3.66. The smallest absolute Gasteiger partial charge is 0.172 e. The summed E-state index contributed by atoms with van der Waals surface area (Å²) < 4.78 is 13.2. The maximum atomic E-state index is 13.2. The third kappa shape index (κ3) is 3.97. The Morgan fingerprint density at radius 3 is 2.29 bits per heavy atom. The van der Waals surface area contributed by atoms with Crippen molar-refractivity contribution < 1.29 is 23.9 Å². The van der Waals surface area contributed by atoms with Crippen molar-refractivity contribution in [2.75, 3.05) is 0 Å². The number of hydrogen-bond donors (Lipinski definition) is 0. The summed E-state index contributed by atoms with van der Waals surface area (Å²) in [7, 11) is 0. The maximum absolute atomic E-state index is 13.2. The van der Waals surface area contributed by atoms with Crippen molar-refractivity contribution in [3.63, 3.8) is 0 Å². The zero-order chi connectivity index (χ0) is 16.4. The van der Waals surface area contributed by atoms with Crippen molar-refractivity contribution in [1.29, 1.82) is 0 Å². The molecule has 0 bridgehead atoms. The molecule has 0 radical (unpaired) electrons. The second-order valence-electron chi connectivity index (χ2n) is 5.95. The van der Waals surface area contributed by atoms with Gasteiger partial charge in [-0.05, 0) is 43.0 Å². The Balaban J connectivity index is 3.22. The highest BCUT2D eigenvalue weighted by Gasteiger charge is 2.37. The molecule has 0 heterocycles. The first-order valence-electron chi connectivity index (χ1n) is 6.57. The average Bonchev–Trinajstić information content (AvgIpc) is 2.29. The van der Waals surface area contributed by atoms with Crippen LogP contribution in [0.1, 0.15) is 43.1 Å². The Morgan fingerprint density at radius 2 is 1.86 bits per heavy atom. The van der Waals surface area contributed by atoms with E-state index in [9.17, 15) is 23.9 Å². The topological polar surface area (TPSA) is 74.3 Å². The molecule has 114 valence electrons. The molecule has 21 heavy (non-hydrogen) atoms. The summed E-state index contributed by atoms with van der Waals surface area (Å²) in [5.74, 6) is -4.36. The van der Waals surface area contributed by atoms with E-state index >= 15 is 0 Å². The number of rotatable bonds is 6. The highest BCUT2D eigenvalue weighted by atomic mass is 19.1. The zero-order valence-corrected chi connectivity index (χ0v) is 12.5. The summed E-state index contributed by atoms with van der Waals surface area (Å²) >= 11 is 0. The number of hydrogen-bond acceptors (Lipinski definition) is 4. The van der Waals surface area contributed by atoms with Crippen molar-refractivity contribution in [1.82, 2.24) is 0 Å². The van der Waals surface area contributed by atoms with Crippen LogP contribution < -0.4 is 5.11 Å². The maximum Gasteiger partial charge on any atom is 0.172 e. The summed E-state index contributed by atoms with van der Waals surface area (Å²) in [6.45, 7) is 5.88. The van der Waals surface area contributed by atoms with Gasteiger partial charge < -0.3 is 14.7 Å². The number of aryl methyl sites for hydroxylation is 1. The highest BCUT2D eigenvalue weighted by molar-refractivity contribution is 6.08. The van der Waals surface area contributed by atoms with E-state index in [-0.39, 0.29) is 23.3 Å². The molecular weight excluding hydrogens is 275 g/mol. The lowest BCUT2D eigenvalue weighted by atomic mass is 9.72. The second-order valence-corrected chi connectivity index (χ2v) is 5.95. The zero-order valence-electron chi connectivity index (χ0n) is 12.5. The summed E-state index contributed by atoms with van der Waals surface area (Å²) in [6.07, 6.45) is -0.0580. The molecule has 0 saturated carbocycles. The Labute approximate surface area is 123 Å². The molecule has 1 atom stereocenters. The van der Waals surface area contributed by atoms with Crippen molar-refractivity contribution in [3.8, 4) is 0 Å². The Morgan fingerprint density at radius 1 is 1.29 bits per heavy atom. The van der Waals surface area contributed by atoms with Gasteiger partial charge in [0.2, 0.25) is 0 Å². The van der Waals surface area contributed by atoms with Gasteiger partial charge in [-0.25, -0.2) is 4.39 Å². The molecule has 0 aliphatic carbocycles. The predicted molar refractivity (Wildman–Crippen MR) is 73.0 cm³/mol. The highest BCUT2D eigenvalue weighted by Crippen LogP contribution is 2.33. The van der Waals surface area contributed by atoms with Crippen LogP contribution in [0.15, 0.2) is 18.2 Å². The van der Waals surface area contributed by atoms with Crippen LogP contribution in [0.4, 0.5) is 4.39 Å². The van der Waals surface area contributed by atoms with Crippen molar-refractivity contribution in [2.24, 2.45) is 11.3 Å². The number of halogens is 1. The molecule has 0 amide bonds. The predicted octanol–water partition coefficient (Wildman–Crippen LogP) is 1.69. The van der Waals surface area contributed by atoms with Crippen LogP contribution in [-0.4, -0.2) is 17.5 Å². The van der Waals surface area contributed by atoms with Gasteiger partial charge in [-0.1, -0.05) is 13.8 Å². The minimum atomic E-state index is -1.53. The van der Waals surface area contributed by atoms with E-state index in [0.29, 0.717) is 0 Å². The molecule has 0 aromatic heterocycles. The molecule has 0 N–H and O–H groups in total. The lowest BCUT2D eigenvalue weighted by Crippen LogP contribution is -2.45. The molecule has 1 aromatic rings. The molecule has 1 rings (SSSR count). The SMILES string of the molecule is CC(=O)CC(C)(C)C(C(=O)[O-])C(=O)c1ccc(F)c(C)c1. The van der Waals surface area contributed by atoms with Gasteiger partial charge in [0.05, 0.1) is 11.9 Å². The van der Waals surface area contributed by atoms with Crippen LogP contribution in [0.3, 0.4) is 0 Å². The van der Waals surface area contributed by atoms with Gasteiger partial charge in [0, 0.05) is 12.0 Å². The minimum absolute atomic E-state index is 0.0580. The van der Waals surface area contributed by atoms with E-state index in [1.165, 1.54) is 39.8 Å². The third-order valence-corrected chi connectivity index (χ3v) is 3.43. The molecule has 4 nitrogen and oxygen atoms in total. The molecule has 1 aromatic carbocycles. The Bertz CT molecular complexity index is 590. The number of carboxylic acids is 1. The van der Waals surface area contributed by atoms with Crippen molar-refractivity contribution in [3.05, 3.63) is 35.1 Å². The van der Waals surface area contributed by atoms with Gasteiger partial charge >= 0.3 is 0 Å². The van der Waals surface area contributed by atoms with Crippen LogP contribution in [0, 0.1) is 24.1 Å². The van der Waals surface area contributed by atoms with Crippen molar-refractivity contribution in [2.45, 2.75) is 34.1 Å². The Hall–Kier alpha value is -2.04. The summed E-state index contributed by atoms with van der Waals surface area (Å²) in [5.41, 5.74) is -0.730. The fourth-order valence-corrected chi connectivity index (χ4v) is 2.49.